The van der Waals surface area contributed by atoms with Gasteiger partial charge in [-0.1, -0.05) is 13.3 Å². The van der Waals surface area contributed by atoms with Gasteiger partial charge in [-0.3, -0.25) is 0 Å². The molecule has 17 heavy (non-hydrogen) atoms. The highest BCUT2D eigenvalue weighted by molar-refractivity contribution is 5.45. The summed E-state index contributed by atoms with van der Waals surface area (Å²) in [4.78, 5) is 10.1. The number of nitrogen functional groups attached to an aromatic ring is 1. The molecular weight excluding hydrogens is 220 g/mol. The van der Waals surface area contributed by atoms with Gasteiger partial charge in [-0.25, -0.2) is 0 Å². The number of hydrogen-bond donors (Lipinski definition) is 2. The molecule has 1 aromatic rings. The Labute approximate surface area is 101 Å². The van der Waals surface area contributed by atoms with Crippen LogP contribution < -0.4 is 15.4 Å². The number of hydrogen-bond acceptors (Lipinski definition) is 6. The van der Waals surface area contributed by atoms with Crippen molar-refractivity contribution in [3.05, 3.63) is 6.07 Å². The van der Waals surface area contributed by atoms with Crippen LogP contribution in [-0.2, 0) is 0 Å². The normalized spacial score (nSPS) is 10.3. The van der Waals surface area contributed by atoms with Gasteiger partial charge in [0.2, 0.25) is 11.8 Å². The van der Waals surface area contributed by atoms with E-state index in [1.807, 2.05) is 4.90 Å². The first-order valence-corrected chi connectivity index (χ1v) is 5.75. The van der Waals surface area contributed by atoms with Gasteiger partial charge in [0.05, 0.1) is 13.7 Å². The quantitative estimate of drug-likeness (QED) is 0.728. The summed E-state index contributed by atoms with van der Waals surface area (Å²) in [6.07, 6.45) is 2.12. The van der Waals surface area contributed by atoms with Gasteiger partial charge in [0.1, 0.15) is 5.82 Å². The fraction of sp³-hybridized carbons (Fsp3) is 0.636. The summed E-state index contributed by atoms with van der Waals surface area (Å²) >= 11 is 0. The van der Waals surface area contributed by atoms with Crippen molar-refractivity contribution in [2.75, 3.05) is 37.4 Å². The molecule has 0 aliphatic heterocycles. The Morgan fingerprint density at radius 2 is 2.18 bits per heavy atom. The monoisotopic (exact) mass is 240 g/mol. The standard InChI is InChI=1S/C11H20N4O2/c1-3-4-5-15(6-7-16)9-8-10(17-2)14-11(12)13-9/h8,16H,3-7H2,1-2H3,(H2,12,13,14). The van der Waals surface area contributed by atoms with Crippen molar-refractivity contribution >= 4 is 11.8 Å². The highest BCUT2D eigenvalue weighted by Gasteiger charge is 2.10. The van der Waals surface area contributed by atoms with E-state index in [0.717, 1.165) is 19.4 Å². The van der Waals surface area contributed by atoms with Crippen LogP contribution in [0.15, 0.2) is 6.07 Å². The SMILES string of the molecule is CCCCN(CCO)c1cc(OC)nc(N)n1. The summed E-state index contributed by atoms with van der Waals surface area (Å²) in [5.74, 6) is 1.31. The van der Waals surface area contributed by atoms with Crippen LogP contribution in [0, 0.1) is 0 Å². The first kappa shape index (κ1) is 13.5. The van der Waals surface area contributed by atoms with E-state index in [4.69, 9.17) is 15.6 Å². The van der Waals surface area contributed by atoms with Crippen molar-refractivity contribution < 1.29 is 9.84 Å². The maximum atomic E-state index is 9.05. The van der Waals surface area contributed by atoms with Crippen LogP contribution in [0.1, 0.15) is 19.8 Å². The number of aromatic nitrogens is 2. The molecule has 0 aliphatic carbocycles. The average Bonchev–Trinajstić information content (AvgIpc) is 2.33. The molecule has 1 heterocycles. The second-order valence-electron chi connectivity index (χ2n) is 3.69. The van der Waals surface area contributed by atoms with Crippen LogP contribution >= 0.6 is 0 Å². The molecule has 1 rings (SSSR count). The van der Waals surface area contributed by atoms with E-state index in [0.29, 0.717) is 18.2 Å². The number of nitrogens with two attached hydrogens (primary N) is 1. The smallest absolute Gasteiger partial charge is 0.225 e. The van der Waals surface area contributed by atoms with Crippen LogP contribution in [0.25, 0.3) is 0 Å². The molecule has 0 saturated heterocycles. The van der Waals surface area contributed by atoms with Crippen molar-refractivity contribution in [3.63, 3.8) is 0 Å². The summed E-state index contributed by atoms with van der Waals surface area (Å²) < 4.78 is 5.05. The van der Waals surface area contributed by atoms with Gasteiger partial charge in [0, 0.05) is 19.2 Å². The molecule has 1 aromatic heterocycles. The van der Waals surface area contributed by atoms with Crippen molar-refractivity contribution in [3.8, 4) is 5.88 Å². The fourth-order valence-corrected chi connectivity index (χ4v) is 1.51. The molecule has 0 aromatic carbocycles. The zero-order valence-corrected chi connectivity index (χ0v) is 10.4. The fourth-order valence-electron chi connectivity index (χ4n) is 1.51. The van der Waals surface area contributed by atoms with Gasteiger partial charge in [-0.2, -0.15) is 9.97 Å². The molecule has 0 fully saturated rings. The molecule has 3 N–H and O–H groups in total. The summed E-state index contributed by atoms with van der Waals surface area (Å²) in [5, 5.41) is 9.05. The van der Waals surface area contributed by atoms with Crippen LogP contribution in [0.4, 0.5) is 11.8 Å². The number of rotatable bonds is 7. The highest BCUT2D eigenvalue weighted by atomic mass is 16.5. The molecule has 0 spiro atoms. The van der Waals surface area contributed by atoms with E-state index in [9.17, 15) is 0 Å². The predicted octanol–water partition coefficient (Wildman–Crippen LogP) is 0.666. The Balaban J connectivity index is 2.87. The Hall–Kier alpha value is -1.56. The van der Waals surface area contributed by atoms with E-state index in [-0.39, 0.29) is 12.6 Å². The van der Waals surface area contributed by atoms with E-state index in [1.165, 1.54) is 7.11 Å². The number of aliphatic hydroxyl groups excluding tert-OH is 1. The highest BCUT2D eigenvalue weighted by Crippen LogP contribution is 2.18. The Morgan fingerprint density at radius 1 is 1.41 bits per heavy atom. The maximum Gasteiger partial charge on any atom is 0.225 e. The molecule has 0 atom stereocenters. The van der Waals surface area contributed by atoms with E-state index in [1.54, 1.807) is 6.07 Å². The molecule has 6 heteroatoms. The minimum absolute atomic E-state index is 0.0793. The molecular formula is C11H20N4O2. The lowest BCUT2D eigenvalue weighted by Gasteiger charge is -2.22. The van der Waals surface area contributed by atoms with Gasteiger partial charge in [0.25, 0.3) is 0 Å². The van der Waals surface area contributed by atoms with E-state index >= 15 is 0 Å². The third-order valence-corrected chi connectivity index (χ3v) is 2.39. The van der Waals surface area contributed by atoms with Gasteiger partial charge < -0.3 is 20.5 Å². The maximum absolute atomic E-state index is 9.05. The number of unbranched alkanes of at least 4 members (excludes halogenated alkanes) is 1. The van der Waals surface area contributed by atoms with Gasteiger partial charge in [-0.15, -0.1) is 0 Å². The summed E-state index contributed by atoms with van der Waals surface area (Å²) in [5.41, 5.74) is 5.61. The molecule has 0 bridgehead atoms. The average molecular weight is 240 g/mol. The van der Waals surface area contributed by atoms with Crippen molar-refractivity contribution in [1.82, 2.24) is 9.97 Å². The predicted molar refractivity (Wildman–Crippen MR) is 67.2 cm³/mol. The first-order valence-electron chi connectivity index (χ1n) is 5.75. The number of ether oxygens (including phenoxy) is 1. The number of aliphatic hydroxyl groups is 1. The Morgan fingerprint density at radius 3 is 2.76 bits per heavy atom. The summed E-state index contributed by atoms with van der Waals surface area (Å²) in [7, 11) is 1.54. The minimum atomic E-state index is 0.0793. The molecule has 0 saturated carbocycles. The number of anilines is 2. The molecule has 0 amide bonds. The Kier molecular flexibility index (Phi) is 5.48. The zero-order valence-electron chi connectivity index (χ0n) is 10.4. The van der Waals surface area contributed by atoms with Gasteiger partial charge in [0.15, 0.2) is 0 Å². The second-order valence-corrected chi connectivity index (χ2v) is 3.69. The van der Waals surface area contributed by atoms with Gasteiger partial charge in [-0.05, 0) is 6.42 Å². The van der Waals surface area contributed by atoms with Crippen molar-refractivity contribution in [2.45, 2.75) is 19.8 Å². The number of methoxy groups -OCH3 is 1. The number of nitrogens with zero attached hydrogens (tertiary/aromatic N) is 3. The summed E-state index contributed by atoms with van der Waals surface area (Å²) in [6.45, 7) is 3.55. The van der Waals surface area contributed by atoms with Crippen LogP contribution in [-0.4, -0.2) is 41.9 Å². The lowest BCUT2D eigenvalue weighted by molar-refractivity contribution is 0.301. The van der Waals surface area contributed by atoms with Crippen molar-refractivity contribution in [1.29, 1.82) is 0 Å². The lowest BCUT2D eigenvalue weighted by atomic mass is 10.3. The topological polar surface area (TPSA) is 84.5 Å². The minimum Gasteiger partial charge on any atom is -0.481 e. The second kappa shape index (κ2) is 6.90. The Bertz CT molecular complexity index is 346. The first-order chi connectivity index (χ1) is 8.21. The van der Waals surface area contributed by atoms with E-state index in [2.05, 4.69) is 16.9 Å². The molecule has 0 aliphatic rings. The molecule has 6 nitrogen and oxygen atoms in total. The summed E-state index contributed by atoms with van der Waals surface area (Å²) in [6, 6.07) is 1.72. The third kappa shape index (κ3) is 4.07. The van der Waals surface area contributed by atoms with Crippen LogP contribution in [0.2, 0.25) is 0 Å². The lowest BCUT2D eigenvalue weighted by Crippen LogP contribution is -2.29. The zero-order chi connectivity index (χ0) is 12.7. The molecule has 96 valence electrons. The van der Waals surface area contributed by atoms with Crippen LogP contribution in [0.5, 0.6) is 5.88 Å². The molecule has 0 radical (unpaired) electrons. The van der Waals surface area contributed by atoms with E-state index < -0.39 is 0 Å². The van der Waals surface area contributed by atoms with Gasteiger partial charge >= 0.3 is 0 Å². The van der Waals surface area contributed by atoms with Crippen LogP contribution in [0.3, 0.4) is 0 Å². The van der Waals surface area contributed by atoms with Crippen molar-refractivity contribution in [2.24, 2.45) is 0 Å². The third-order valence-electron chi connectivity index (χ3n) is 2.39. The largest absolute Gasteiger partial charge is 0.481 e. The molecule has 0 unspecified atom stereocenters.